The third kappa shape index (κ3) is 3.68. The van der Waals surface area contributed by atoms with Crippen LogP contribution in [0, 0.1) is 11.3 Å². The Morgan fingerprint density at radius 3 is 2.79 bits per heavy atom. The van der Waals surface area contributed by atoms with Crippen LogP contribution in [0.15, 0.2) is 12.1 Å². The highest BCUT2D eigenvalue weighted by Gasteiger charge is 2.54. The van der Waals surface area contributed by atoms with Gasteiger partial charge in [0.25, 0.3) is 0 Å². The highest BCUT2D eigenvalue weighted by atomic mass is 19.4. The van der Waals surface area contributed by atoms with Crippen molar-refractivity contribution < 1.29 is 27.5 Å². The van der Waals surface area contributed by atoms with Crippen molar-refractivity contribution in [2.24, 2.45) is 11.3 Å². The number of alkyl halides is 3. The van der Waals surface area contributed by atoms with E-state index < -0.39 is 11.9 Å². The molecule has 3 amide bonds. The van der Waals surface area contributed by atoms with Crippen LogP contribution in [-0.4, -0.2) is 81.9 Å². The molecule has 5 heterocycles. The van der Waals surface area contributed by atoms with E-state index in [4.69, 9.17) is 4.74 Å². The Balaban J connectivity index is 1.02. The van der Waals surface area contributed by atoms with E-state index in [9.17, 15) is 22.8 Å². The number of pyridine rings is 1. The third-order valence-corrected chi connectivity index (χ3v) is 7.60. The molecule has 182 valence electrons. The maximum absolute atomic E-state index is 13.1. The fraction of sp³-hybridized carbons (Fsp3) is 0.636. The zero-order valence-electron chi connectivity index (χ0n) is 18.4. The lowest BCUT2D eigenvalue weighted by atomic mass is 9.57. The zero-order chi connectivity index (χ0) is 23.7. The molecule has 3 aliphatic heterocycles. The molecule has 34 heavy (non-hydrogen) atoms. The maximum atomic E-state index is 13.1. The number of likely N-dealkylation sites (tertiary alicyclic amines) is 2. The second kappa shape index (κ2) is 7.56. The van der Waals surface area contributed by atoms with E-state index in [2.05, 4.69) is 15.4 Å². The van der Waals surface area contributed by atoms with Crippen LogP contribution in [0.4, 0.5) is 18.0 Å². The number of nitrogens with one attached hydrogen (secondary N) is 2. The van der Waals surface area contributed by atoms with Gasteiger partial charge in [0.1, 0.15) is 17.6 Å². The molecule has 0 unspecified atom stereocenters. The number of rotatable bonds is 2. The van der Waals surface area contributed by atoms with Gasteiger partial charge in [0, 0.05) is 37.3 Å². The standard InChI is InChI=1S/C22H25F3N6O3/c23-22(24,25)19-18-14(28-29-19)2-1-13(26-18)5-12-6-21(7-12)10-31(11-21)20(33)30-4-3-16-15(8-30)27-17(32)9-34-16/h1-2,12,15-16H,3-11H2,(H,27,32)(H,28,29)/t15-,16+/m1/s1. The number of halogens is 3. The summed E-state index contributed by atoms with van der Waals surface area (Å²) in [6.45, 7) is 2.55. The van der Waals surface area contributed by atoms with E-state index >= 15 is 0 Å². The maximum Gasteiger partial charge on any atom is 0.434 e. The molecule has 6 rings (SSSR count). The summed E-state index contributed by atoms with van der Waals surface area (Å²) in [5, 5.41) is 8.66. The lowest BCUT2D eigenvalue weighted by Crippen LogP contribution is -2.68. The summed E-state index contributed by atoms with van der Waals surface area (Å²) in [5.41, 5.74) is -0.102. The number of amides is 3. The molecule has 3 saturated heterocycles. The summed E-state index contributed by atoms with van der Waals surface area (Å²) < 4.78 is 45.0. The summed E-state index contributed by atoms with van der Waals surface area (Å²) >= 11 is 0. The van der Waals surface area contributed by atoms with Gasteiger partial charge in [0.05, 0.1) is 12.1 Å². The lowest BCUT2D eigenvalue weighted by molar-refractivity contribution is -0.140. The molecule has 2 aromatic rings. The second-order valence-corrected chi connectivity index (χ2v) is 10.1. The average Bonchev–Trinajstić information content (AvgIpc) is 3.17. The number of H-pyrrole nitrogens is 1. The molecule has 4 aliphatic rings. The van der Waals surface area contributed by atoms with Crippen molar-refractivity contribution in [1.29, 1.82) is 0 Å². The van der Waals surface area contributed by atoms with Gasteiger partial charge in [-0.15, -0.1) is 0 Å². The van der Waals surface area contributed by atoms with Crippen LogP contribution in [0.5, 0.6) is 0 Å². The SMILES string of the molecule is O=C1CO[C@H]2CCN(C(=O)N3CC4(CC(Cc5ccc6n[nH]c(C(F)(F)F)c6n5)C4)C3)C[C@H]2N1. The first kappa shape index (κ1) is 21.6. The smallest absolute Gasteiger partial charge is 0.366 e. The predicted octanol–water partition coefficient (Wildman–Crippen LogP) is 1.94. The molecule has 0 aromatic carbocycles. The average molecular weight is 478 g/mol. The van der Waals surface area contributed by atoms with Crippen LogP contribution in [-0.2, 0) is 22.1 Å². The van der Waals surface area contributed by atoms with Crippen LogP contribution in [0.25, 0.3) is 11.0 Å². The number of hydrogen-bond donors (Lipinski definition) is 2. The minimum Gasteiger partial charge on any atom is -0.366 e. The van der Waals surface area contributed by atoms with Gasteiger partial charge in [-0.25, -0.2) is 9.78 Å². The second-order valence-electron chi connectivity index (χ2n) is 10.1. The van der Waals surface area contributed by atoms with E-state index in [0.717, 1.165) is 12.8 Å². The van der Waals surface area contributed by atoms with Crippen molar-refractivity contribution in [1.82, 2.24) is 30.3 Å². The number of aromatic amines is 1. The fourth-order valence-electron chi connectivity index (χ4n) is 6.08. The molecule has 2 atom stereocenters. The van der Waals surface area contributed by atoms with Crippen molar-refractivity contribution in [2.45, 2.75) is 44.0 Å². The van der Waals surface area contributed by atoms with Crippen LogP contribution in [0.3, 0.4) is 0 Å². The van der Waals surface area contributed by atoms with Gasteiger partial charge < -0.3 is 19.9 Å². The van der Waals surface area contributed by atoms with E-state index in [1.54, 1.807) is 17.0 Å². The van der Waals surface area contributed by atoms with Gasteiger partial charge in [-0.2, -0.15) is 18.3 Å². The molecule has 2 aromatic heterocycles. The monoisotopic (exact) mass is 478 g/mol. The summed E-state index contributed by atoms with van der Waals surface area (Å²) in [6.07, 6.45) is -1.36. The molecular formula is C22H25F3N6O3. The van der Waals surface area contributed by atoms with Crippen molar-refractivity contribution in [3.63, 3.8) is 0 Å². The first-order valence-corrected chi connectivity index (χ1v) is 11.6. The first-order chi connectivity index (χ1) is 16.2. The van der Waals surface area contributed by atoms with Gasteiger partial charge in [0.2, 0.25) is 5.91 Å². The number of nitrogens with zero attached hydrogens (tertiary/aromatic N) is 4. The summed E-state index contributed by atoms with van der Waals surface area (Å²) in [6, 6.07) is 3.16. The van der Waals surface area contributed by atoms with Crippen molar-refractivity contribution in [3.05, 3.63) is 23.5 Å². The van der Waals surface area contributed by atoms with E-state index in [1.807, 2.05) is 10.00 Å². The first-order valence-electron chi connectivity index (χ1n) is 11.6. The van der Waals surface area contributed by atoms with E-state index in [-0.39, 0.29) is 47.1 Å². The number of ether oxygens (including phenoxy) is 1. The summed E-state index contributed by atoms with van der Waals surface area (Å²) in [4.78, 5) is 32.4. The largest absolute Gasteiger partial charge is 0.434 e. The van der Waals surface area contributed by atoms with Gasteiger partial charge in [0.15, 0.2) is 5.69 Å². The minimum atomic E-state index is -4.52. The fourth-order valence-corrected chi connectivity index (χ4v) is 6.08. The lowest BCUT2D eigenvalue weighted by Gasteiger charge is -2.60. The Hall–Kier alpha value is -2.89. The number of carbonyl (C=O) groups excluding carboxylic acids is 2. The molecule has 0 radical (unpaired) electrons. The van der Waals surface area contributed by atoms with Crippen molar-refractivity contribution in [3.8, 4) is 0 Å². The van der Waals surface area contributed by atoms with Gasteiger partial charge in [-0.1, -0.05) is 0 Å². The van der Waals surface area contributed by atoms with Crippen LogP contribution >= 0.6 is 0 Å². The Morgan fingerprint density at radius 2 is 2.03 bits per heavy atom. The van der Waals surface area contributed by atoms with Crippen LogP contribution in [0.2, 0.25) is 0 Å². The Labute approximate surface area is 193 Å². The van der Waals surface area contributed by atoms with E-state index in [1.165, 1.54) is 0 Å². The molecular weight excluding hydrogens is 453 g/mol. The molecule has 1 aliphatic carbocycles. The van der Waals surface area contributed by atoms with Crippen molar-refractivity contribution >= 4 is 23.0 Å². The van der Waals surface area contributed by atoms with Gasteiger partial charge in [-0.3, -0.25) is 9.89 Å². The van der Waals surface area contributed by atoms with Gasteiger partial charge in [-0.05, 0) is 43.7 Å². The number of fused-ring (bicyclic) bond motifs is 2. The molecule has 2 N–H and O–H groups in total. The third-order valence-electron chi connectivity index (χ3n) is 7.60. The highest BCUT2D eigenvalue weighted by molar-refractivity contribution is 5.79. The predicted molar refractivity (Wildman–Crippen MR) is 113 cm³/mol. The molecule has 0 bridgehead atoms. The Bertz CT molecular complexity index is 1140. The summed E-state index contributed by atoms with van der Waals surface area (Å²) in [5.74, 6) is 0.198. The number of urea groups is 1. The highest BCUT2D eigenvalue weighted by Crippen LogP contribution is 2.53. The minimum absolute atomic E-state index is 0.000830. The number of hydrogen-bond acceptors (Lipinski definition) is 5. The molecule has 1 spiro atoms. The Kier molecular flexibility index (Phi) is 4.81. The number of aromatic nitrogens is 3. The van der Waals surface area contributed by atoms with E-state index in [0.29, 0.717) is 50.6 Å². The molecule has 1 saturated carbocycles. The Morgan fingerprint density at radius 1 is 1.24 bits per heavy atom. The quantitative estimate of drug-likeness (QED) is 0.687. The van der Waals surface area contributed by atoms with Crippen LogP contribution in [0.1, 0.15) is 30.7 Å². The number of morpholine rings is 1. The topological polar surface area (TPSA) is 103 Å². The number of piperidine rings is 1. The molecule has 9 nitrogen and oxygen atoms in total. The zero-order valence-corrected chi connectivity index (χ0v) is 18.4. The number of carbonyl (C=O) groups is 2. The molecule has 12 heteroatoms. The summed E-state index contributed by atoms with van der Waals surface area (Å²) in [7, 11) is 0. The van der Waals surface area contributed by atoms with Crippen molar-refractivity contribution in [2.75, 3.05) is 32.8 Å². The molecule has 4 fully saturated rings. The van der Waals surface area contributed by atoms with Gasteiger partial charge >= 0.3 is 12.2 Å². The van der Waals surface area contributed by atoms with Crippen LogP contribution < -0.4 is 5.32 Å². The normalized spacial score (nSPS) is 26.7.